The Kier molecular flexibility index (Phi) is 6.41. The van der Waals surface area contributed by atoms with Crippen LogP contribution in [-0.4, -0.2) is 44.4 Å². The molecule has 0 radical (unpaired) electrons. The van der Waals surface area contributed by atoms with E-state index < -0.39 is 11.2 Å². The van der Waals surface area contributed by atoms with Gasteiger partial charge in [0, 0.05) is 29.2 Å². The van der Waals surface area contributed by atoms with Crippen molar-refractivity contribution >= 4 is 28.7 Å². The lowest BCUT2D eigenvalue weighted by atomic mass is 10.1. The van der Waals surface area contributed by atoms with E-state index in [0.29, 0.717) is 16.9 Å². The van der Waals surface area contributed by atoms with Gasteiger partial charge in [-0.25, -0.2) is 0 Å². The van der Waals surface area contributed by atoms with Crippen LogP contribution in [0, 0.1) is 34.5 Å². The molecule has 1 heterocycles. The summed E-state index contributed by atoms with van der Waals surface area (Å²) in [6, 6.07) is 13.0. The standard InChI is InChI=1S/C26H27N5O2/c1-25(2,32)13-11-18-7-6-8-20(15-18)30(5)23-21-10-9-19(12-14-26(3,4)33)16-22(21)31(17-27)24(28)29-23/h6-10,15-17,27-28,32-33H,1-5H3. The van der Waals surface area contributed by atoms with E-state index in [2.05, 4.69) is 28.7 Å². The van der Waals surface area contributed by atoms with E-state index in [9.17, 15) is 10.2 Å². The number of benzene rings is 2. The second-order valence-electron chi connectivity index (χ2n) is 8.72. The largest absolute Gasteiger partial charge is 0.378 e. The smallest absolute Gasteiger partial charge is 0.229 e. The Morgan fingerprint density at radius 2 is 1.58 bits per heavy atom. The average Bonchev–Trinajstić information content (AvgIpc) is 2.74. The van der Waals surface area contributed by atoms with E-state index in [1.807, 2.05) is 48.3 Å². The summed E-state index contributed by atoms with van der Waals surface area (Å²) in [5.41, 5.74) is 0.498. The first-order valence-corrected chi connectivity index (χ1v) is 10.3. The molecule has 33 heavy (non-hydrogen) atoms. The minimum Gasteiger partial charge on any atom is -0.378 e. The third-order valence-electron chi connectivity index (χ3n) is 4.64. The summed E-state index contributed by atoms with van der Waals surface area (Å²) in [6.07, 6.45) is 1.04. The highest BCUT2D eigenvalue weighted by Gasteiger charge is 2.15. The van der Waals surface area contributed by atoms with Gasteiger partial charge in [0.25, 0.3) is 0 Å². The van der Waals surface area contributed by atoms with Crippen LogP contribution in [0.25, 0.3) is 10.9 Å². The predicted octanol–water partition coefficient (Wildman–Crippen LogP) is 2.98. The Labute approximate surface area is 193 Å². The number of aromatic nitrogens is 2. The summed E-state index contributed by atoms with van der Waals surface area (Å²) in [5.74, 6) is 12.1. The lowest BCUT2D eigenvalue weighted by molar-refractivity contribution is 0.143. The number of nitrogens with zero attached hydrogens (tertiary/aromatic N) is 3. The van der Waals surface area contributed by atoms with E-state index in [1.165, 1.54) is 4.57 Å². The first-order chi connectivity index (χ1) is 15.4. The van der Waals surface area contributed by atoms with E-state index in [1.54, 1.807) is 33.8 Å². The monoisotopic (exact) mass is 441 g/mol. The number of hydrogen-bond acceptors (Lipinski definition) is 6. The van der Waals surface area contributed by atoms with E-state index in [-0.39, 0.29) is 5.62 Å². The molecule has 0 saturated heterocycles. The molecule has 0 saturated carbocycles. The van der Waals surface area contributed by atoms with Crippen LogP contribution in [0.2, 0.25) is 0 Å². The summed E-state index contributed by atoms with van der Waals surface area (Å²) in [6.45, 7) is 6.48. The molecule has 7 nitrogen and oxygen atoms in total. The van der Waals surface area contributed by atoms with Gasteiger partial charge < -0.3 is 15.1 Å². The lowest BCUT2D eigenvalue weighted by Gasteiger charge is -2.21. The van der Waals surface area contributed by atoms with Gasteiger partial charge in [-0.15, -0.1) is 0 Å². The van der Waals surface area contributed by atoms with Crippen molar-refractivity contribution in [3.8, 4) is 23.7 Å². The predicted molar refractivity (Wildman–Crippen MR) is 131 cm³/mol. The molecule has 0 bridgehead atoms. The van der Waals surface area contributed by atoms with Gasteiger partial charge in [-0.05, 0) is 64.1 Å². The molecule has 0 spiro atoms. The molecule has 168 valence electrons. The number of aliphatic hydroxyl groups is 2. The summed E-state index contributed by atoms with van der Waals surface area (Å²) in [4.78, 5) is 6.28. The van der Waals surface area contributed by atoms with Crippen molar-refractivity contribution in [1.82, 2.24) is 9.55 Å². The van der Waals surface area contributed by atoms with Crippen LogP contribution < -0.4 is 10.5 Å². The maximum Gasteiger partial charge on any atom is 0.229 e. The number of fused-ring (bicyclic) bond motifs is 1. The molecule has 0 aliphatic rings. The quantitative estimate of drug-likeness (QED) is 0.285. The van der Waals surface area contributed by atoms with Crippen LogP contribution in [0.5, 0.6) is 0 Å². The molecule has 3 rings (SSSR count). The third kappa shape index (κ3) is 5.87. The van der Waals surface area contributed by atoms with E-state index >= 15 is 0 Å². The average molecular weight is 442 g/mol. The van der Waals surface area contributed by atoms with E-state index in [4.69, 9.17) is 10.8 Å². The molecule has 0 amide bonds. The maximum atomic E-state index is 9.90. The minimum absolute atomic E-state index is 0.0927. The highest BCUT2D eigenvalue weighted by Crippen LogP contribution is 2.29. The first kappa shape index (κ1) is 23.7. The second-order valence-corrected chi connectivity index (χ2v) is 8.72. The van der Waals surface area contributed by atoms with Gasteiger partial charge in [-0.2, -0.15) is 4.98 Å². The van der Waals surface area contributed by atoms with E-state index in [0.717, 1.165) is 23.0 Å². The van der Waals surface area contributed by atoms with Crippen molar-refractivity contribution in [2.75, 3.05) is 11.9 Å². The molecular weight excluding hydrogens is 414 g/mol. The van der Waals surface area contributed by atoms with Crippen molar-refractivity contribution in [3.05, 3.63) is 59.2 Å². The summed E-state index contributed by atoms with van der Waals surface area (Å²) in [5, 5.41) is 36.6. The van der Waals surface area contributed by atoms with Crippen LogP contribution >= 0.6 is 0 Å². The number of rotatable bonds is 3. The van der Waals surface area contributed by atoms with Gasteiger partial charge in [0.2, 0.25) is 5.62 Å². The van der Waals surface area contributed by atoms with Gasteiger partial charge in [0.15, 0.2) is 0 Å². The summed E-state index contributed by atoms with van der Waals surface area (Å²) >= 11 is 0. The molecule has 3 aromatic rings. The lowest BCUT2D eigenvalue weighted by Crippen LogP contribution is -2.26. The molecule has 0 fully saturated rings. The van der Waals surface area contributed by atoms with Crippen molar-refractivity contribution in [2.45, 2.75) is 38.9 Å². The Morgan fingerprint density at radius 3 is 2.15 bits per heavy atom. The van der Waals surface area contributed by atoms with Gasteiger partial charge in [-0.1, -0.05) is 29.7 Å². The molecule has 1 aromatic heterocycles. The van der Waals surface area contributed by atoms with Gasteiger partial charge in [-0.3, -0.25) is 15.4 Å². The molecule has 0 atom stereocenters. The van der Waals surface area contributed by atoms with Crippen LogP contribution in [0.1, 0.15) is 38.8 Å². The Hall–Kier alpha value is -3.91. The first-order valence-electron chi connectivity index (χ1n) is 10.3. The molecule has 0 unspecified atom stereocenters. The van der Waals surface area contributed by atoms with Crippen LogP contribution in [0.15, 0.2) is 42.5 Å². The number of nitrogens with one attached hydrogen (secondary N) is 2. The zero-order valence-corrected chi connectivity index (χ0v) is 19.4. The van der Waals surface area contributed by atoms with Crippen molar-refractivity contribution in [2.24, 2.45) is 0 Å². The fraction of sp³-hybridized carbons (Fsp3) is 0.269. The fourth-order valence-electron chi connectivity index (χ4n) is 3.08. The fourth-order valence-corrected chi connectivity index (χ4v) is 3.08. The molecule has 4 N–H and O–H groups in total. The van der Waals surface area contributed by atoms with Gasteiger partial charge >= 0.3 is 0 Å². The Bertz CT molecular complexity index is 1400. The topological polar surface area (TPSA) is 109 Å². The van der Waals surface area contributed by atoms with Crippen molar-refractivity contribution in [3.63, 3.8) is 0 Å². The normalized spacial score (nSPS) is 11.2. The number of anilines is 2. The summed E-state index contributed by atoms with van der Waals surface area (Å²) in [7, 11) is 1.85. The Morgan fingerprint density at radius 1 is 0.970 bits per heavy atom. The third-order valence-corrected chi connectivity index (χ3v) is 4.64. The number of hydrogen-bond donors (Lipinski definition) is 4. The second kappa shape index (κ2) is 8.91. The molecule has 2 aromatic carbocycles. The molecule has 0 aliphatic carbocycles. The van der Waals surface area contributed by atoms with Crippen molar-refractivity contribution in [1.29, 1.82) is 10.8 Å². The van der Waals surface area contributed by atoms with Crippen LogP contribution in [0.3, 0.4) is 0 Å². The molecular formula is C26H27N5O2. The van der Waals surface area contributed by atoms with Crippen LogP contribution in [0.4, 0.5) is 11.5 Å². The molecule has 7 heteroatoms. The minimum atomic E-state index is -1.13. The summed E-state index contributed by atoms with van der Waals surface area (Å²) < 4.78 is 1.37. The van der Waals surface area contributed by atoms with Gasteiger partial charge in [0.05, 0.1) is 11.9 Å². The van der Waals surface area contributed by atoms with Crippen LogP contribution in [-0.2, 0) is 0 Å². The highest BCUT2D eigenvalue weighted by atomic mass is 16.3. The highest BCUT2D eigenvalue weighted by molar-refractivity contribution is 5.95. The zero-order chi connectivity index (χ0) is 24.4. The van der Waals surface area contributed by atoms with Gasteiger partial charge in [0.1, 0.15) is 17.0 Å². The van der Waals surface area contributed by atoms with Crippen molar-refractivity contribution < 1.29 is 10.2 Å². The molecule has 0 aliphatic heterocycles. The SMILES string of the molecule is CN(c1cccc(C#CC(C)(C)O)c1)c1nc(=N)n(C=N)c2cc(C#CC(C)(C)O)ccc12. The zero-order valence-electron chi connectivity index (χ0n) is 19.4. The Balaban J connectivity index is 2.15. The maximum absolute atomic E-state index is 9.90.